The summed E-state index contributed by atoms with van der Waals surface area (Å²) in [6, 6.07) is 5.91. The molecule has 1 aromatic carbocycles. The van der Waals surface area contributed by atoms with Crippen LogP contribution in [0.25, 0.3) is 0 Å². The van der Waals surface area contributed by atoms with E-state index in [-0.39, 0.29) is 17.4 Å². The van der Waals surface area contributed by atoms with E-state index in [0.717, 1.165) is 0 Å². The van der Waals surface area contributed by atoms with Crippen LogP contribution in [-0.2, 0) is 9.59 Å². The monoisotopic (exact) mass is 298 g/mol. The number of phenols is 1. The van der Waals surface area contributed by atoms with Gasteiger partial charge in [0.05, 0.1) is 5.75 Å². The maximum atomic E-state index is 11.5. The van der Waals surface area contributed by atoms with E-state index in [1.54, 1.807) is 24.3 Å². The third kappa shape index (κ3) is 5.94. The molecule has 0 fully saturated rings. The third-order valence-electron chi connectivity index (χ3n) is 2.56. The fourth-order valence-corrected chi connectivity index (χ4v) is 2.23. The molecule has 1 aromatic rings. The molecule has 1 atom stereocenters. The van der Waals surface area contributed by atoms with Gasteiger partial charge in [-0.15, -0.1) is 11.8 Å². The predicted molar refractivity (Wildman–Crippen MR) is 76.7 cm³/mol. The van der Waals surface area contributed by atoms with E-state index in [1.807, 2.05) is 0 Å². The highest BCUT2D eigenvalue weighted by Crippen LogP contribution is 2.27. The molecule has 0 radical (unpaired) electrons. The van der Waals surface area contributed by atoms with Crippen LogP contribution >= 0.6 is 11.8 Å². The molecule has 0 saturated heterocycles. The average molecular weight is 298 g/mol. The summed E-state index contributed by atoms with van der Waals surface area (Å²) in [5.41, 5.74) is 5.34. The SMILES string of the molecule is NC(CCCNC(=O)CSc1ccccc1O)C(=O)O. The molecular formula is C13H18N2O4S. The van der Waals surface area contributed by atoms with Crippen LogP contribution in [0.4, 0.5) is 0 Å². The van der Waals surface area contributed by atoms with Crippen molar-refractivity contribution in [2.24, 2.45) is 5.73 Å². The lowest BCUT2D eigenvalue weighted by Gasteiger charge is -2.08. The van der Waals surface area contributed by atoms with Crippen molar-refractivity contribution in [2.45, 2.75) is 23.8 Å². The number of aliphatic carboxylic acids is 1. The first-order chi connectivity index (χ1) is 9.50. The van der Waals surface area contributed by atoms with Crippen molar-refractivity contribution in [1.82, 2.24) is 5.32 Å². The Bertz CT molecular complexity index is 467. The first-order valence-corrected chi connectivity index (χ1v) is 7.15. The van der Waals surface area contributed by atoms with Crippen molar-refractivity contribution in [2.75, 3.05) is 12.3 Å². The van der Waals surface area contributed by atoms with Crippen LogP contribution in [0.2, 0.25) is 0 Å². The molecule has 0 aliphatic rings. The fourth-order valence-electron chi connectivity index (χ4n) is 1.45. The van der Waals surface area contributed by atoms with Crippen LogP contribution in [0, 0.1) is 0 Å². The molecule has 6 nitrogen and oxygen atoms in total. The fraction of sp³-hybridized carbons (Fsp3) is 0.385. The molecule has 0 bridgehead atoms. The Kier molecular flexibility index (Phi) is 6.89. The second-order valence-electron chi connectivity index (χ2n) is 4.19. The van der Waals surface area contributed by atoms with E-state index in [0.29, 0.717) is 24.3 Å². The molecule has 5 N–H and O–H groups in total. The number of carboxylic acids is 1. The van der Waals surface area contributed by atoms with Gasteiger partial charge in [0.25, 0.3) is 0 Å². The van der Waals surface area contributed by atoms with Gasteiger partial charge in [-0.05, 0) is 25.0 Å². The molecule has 0 saturated carbocycles. The number of hydrogen-bond donors (Lipinski definition) is 4. The third-order valence-corrected chi connectivity index (χ3v) is 3.62. The predicted octanol–water partition coefficient (Wildman–Crippen LogP) is 0.793. The molecule has 7 heteroatoms. The minimum atomic E-state index is -1.04. The average Bonchev–Trinajstić information content (AvgIpc) is 2.42. The van der Waals surface area contributed by atoms with E-state index >= 15 is 0 Å². The van der Waals surface area contributed by atoms with Crippen molar-refractivity contribution in [3.05, 3.63) is 24.3 Å². The Morgan fingerprint density at radius 1 is 1.35 bits per heavy atom. The number of hydrogen-bond acceptors (Lipinski definition) is 5. The number of carbonyl (C=O) groups excluding carboxylic acids is 1. The zero-order valence-electron chi connectivity index (χ0n) is 10.9. The summed E-state index contributed by atoms with van der Waals surface area (Å²) in [5.74, 6) is -0.853. The molecule has 0 spiro atoms. The number of rotatable bonds is 8. The molecule has 1 unspecified atom stereocenters. The second-order valence-corrected chi connectivity index (χ2v) is 5.21. The number of phenolic OH excluding ortho intramolecular Hbond substituents is 1. The van der Waals surface area contributed by atoms with Crippen LogP contribution < -0.4 is 11.1 Å². The van der Waals surface area contributed by atoms with Crippen LogP contribution in [0.5, 0.6) is 5.75 Å². The summed E-state index contributed by atoms with van der Waals surface area (Å²) >= 11 is 1.24. The summed E-state index contributed by atoms with van der Waals surface area (Å²) < 4.78 is 0. The number of benzene rings is 1. The lowest BCUT2D eigenvalue weighted by molar-refractivity contribution is -0.138. The number of nitrogens with two attached hydrogens (primary N) is 1. The van der Waals surface area contributed by atoms with E-state index in [2.05, 4.69) is 5.32 Å². The summed E-state index contributed by atoms with van der Waals surface area (Å²) in [5, 5.41) is 20.8. The smallest absolute Gasteiger partial charge is 0.320 e. The number of carboxylic acid groups (broad SMARTS) is 1. The molecule has 110 valence electrons. The van der Waals surface area contributed by atoms with E-state index in [4.69, 9.17) is 10.8 Å². The van der Waals surface area contributed by atoms with E-state index < -0.39 is 12.0 Å². The van der Waals surface area contributed by atoms with E-state index in [1.165, 1.54) is 11.8 Å². The van der Waals surface area contributed by atoms with Gasteiger partial charge >= 0.3 is 5.97 Å². The second kappa shape index (κ2) is 8.44. The molecule has 1 amide bonds. The van der Waals surface area contributed by atoms with Gasteiger partial charge in [0.2, 0.25) is 5.91 Å². The minimum Gasteiger partial charge on any atom is -0.507 e. The highest BCUT2D eigenvalue weighted by molar-refractivity contribution is 8.00. The molecule has 0 aromatic heterocycles. The lowest BCUT2D eigenvalue weighted by atomic mass is 10.2. The van der Waals surface area contributed by atoms with Gasteiger partial charge < -0.3 is 21.3 Å². The number of carbonyl (C=O) groups is 2. The van der Waals surface area contributed by atoms with Gasteiger partial charge in [-0.25, -0.2) is 0 Å². The summed E-state index contributed by atoms with van der Waals surface area (Å²) in [7, 11) is 0. The maximum Gasteiger partial charge on any atom is 0.320 e. The number of amides is 1. The van der Waals surface area contributed by atoms with Gasteiger partial charge in [0, 0.05) is 11.4 Å². The molecule has 0 heterocycles. The van der Waals surface area contributed by atoms with Gasteiger partial charge in [0.1, 0.15) is 11.8 Å². The van der Waals surface area contributed by atoms with Gasteiger partial charge in [0.15, 0.2) is 0 Å². The Labute approximate surface area is 121 Å². The molecule has 0 aliphatic carbocycles. The largest absolute Gasteiger partial charge is 0.507 e. The number of nitrogens with one attached hydrogen (secondary N) is 1. The highest BCUT2D eigenvalue weighted by Gasteiger charge is 2.10. The molecule has 0 aliphatic heterocycles. The Morgan fingerprint density at radius 3 is 2.70 bits per heavy atom. The van der Waals surface area contributed by atoms with Crippen molar-refractivity contribution < 1.29 is 19.8 Å². The molecular weight excluding hydrogens is 280 g/mol. The zero-order valence-corrected chi connectivity index (χ0v) is 11.7. The van der Waals surface area contributed by atoms with Crippen molar-refractivity contribution in [3.63, 3.8) is 0 Å². The summed E-state index contributed by atoms with van der Waals surface area (Å²) in [6.07, 6.45) is 0.836. The normalized spacial score (nSPS) is 11.8. The molecule has 1 rings (SSSR count). The van der Waals surface area contributed by atoms with Gasteiger partial charge in [-0.1, -0.05) is 12.1 Å². The number of aromatic hydroxyl groups is 1. The minimum absolute atomic E-state index is 0.151. The van der Waals surface area contributed by atoms with Gasteiger partial charge in [-0.3, -0.25) is 9.59 Å². The lowest BCUT2D eigenvalue weighted by Crippen LogP contribution is -2.32. The topological polar surface area (TPSA) is 113 Å². The number of para-hydroxylation sites is 1. The standard InChI is InChI=1S/C13H18N2O4S/c14-9(13(18)19)4-3-7-15-12(17)8-20-11-6-2-1-5-10(11)16/h1-2,5-6,9,16H,3-4,7-8,14H2,(H,15,17)(H,18,19). The summed E-state index contributed by atoms with van der Waals surface area (Å²) in [4.78, 5) is 22.7. The van der Waals surface area contributed by atoms with Crippen LogP contribution in [0.3, 0.4) is 0 Å². The van der Waals surface area contributed by atoms with Gasteiger partial charge in [-0.2, -0.15) is 0 Å². The Hall–Kier alpha value is -1.73. The molecule has 20 heavy (non-hydrogen) atoms. The zero-order chi connectivity index (χ0) is 15.0. The summed E-state index contributed by atoms with van der Waals surface area (Å²) in [6.45, 7) is 0.390. The number of thioether (sulfide) groups is 1. The van der Waals surface area contributed by atoms with Crippen LogP contribution in [0.1, 0.15) is 12.8 Å². The Balaban J connectivity index is 2.18. The maximum absolute atomic E-state index is 11.5. The van der Waals surface area contributed by atoms with Crippen LogP contribution in [0.15, 0.2) is 29.2 Å². The van der Waals surface area contributed by atoms with Crippen LogP contribution in [-0.4, -0.2) is 40.4 Å². The van der Waals surface area contributed by atoms with Crippen molar-refractivity contribution >= 4 is 23.6 Å². The highest BCUT2D eigenvalue weighted by atomic mass is 32.2. The Morgan fingerprint density at radius 2 is 2.05 bits per heavy atom. The van der Waals surface area contributed by atoms with Crippen molar-refractivity contribution in [1.29, 1.82) is 0 Å². The quantitative estimate of drug-likeness (QED) is 0.417. The first kappa shape index (κ1) is 16.3. The van der Waals surface area contributed by atoms with Crippen molar-refractivity contribution in [3.8, 4) is 5.75 Å². The first-order valence-electron chi connectivity index (χ1n) is 6.16. The van der Waals surface area contributed by atoms with E-state index in [9.17, 15) is 14.7 Å².